The molecule has 0 spiro atoms. The zero-order chi connectivity index (χ0) is 29.0. The summed E-state index contributed by atoms with van der Waals surface area (Å²) in [6.45, 7) is 4.59. The molecular weight excluding hydrogens is 486 g/mol. The van der Waals surface area contributed by atoms with Gasteiger partial charge in [-0.05, 0) is 12.8 Å². The van der Waals surface area contributed by atoms with Gasteiger partial charge in [0.15, 0.2) is 0 Å². The van der Waals surface area contributed by atoms with Crippen LogP contribution in [0.5, 0.6) is 0 Å². The van der Waals surface area contributed by atoms with Crippen LogP contribution in [0, 0.1) is 0 Å². The first-order chi connectivity index (χ1) is 19.8. The smallest absolute Gasteiger partial charge is 0.211 e. The van der Waals surface area contributed by atoms with Crippen molar-refractivity contribution in [2.45, 2.75) is 238 Å². The first-order valence-corrected chi connectivity index (χ1v) is 18.9. The zero-order valence-corrected chi connectivity index (χ0v) is 28.0. The molecular formula is C38H75NO. The standard InChI is InChI=1S/C38H75NO/c1-3-5-7-9-11-13-15-17-19-21-23-25-27-29-31-33-35-38(39-37-40)36-34-32-30-28-26-24-22-20-18-16-14-12-10-8-6-4-2/h38H,3-36H2,1-2H3. The fraction of sp³-hybridized carbons (Fsp3) is 0.974. The molecule has 238 valence electrons. The summed E-state index contributed by atoms with van der Waals surface area (Å²) in [5, 5.41) is 0. The fourth-order valence-corrected chi connectivity index (χ4v) is 6.20. The second-order valence-corrected chi connectivity index (χ2v) is 13.1. The van der Waals surface area contributed by atoms with E-state index in [1.54, 1.807) is 0 Å². The molecule has 0 rings (SSSR count). The molecule has 40 heavy (non-hydrogen) atoms. The summed E-state index contributed by atoms with van der Waals surface area (Å²) in [7, 11) is 0. The summed E-state index contributed by atoms with van der Waals surface area (Å²) in [4.78, 5) is 15.0. The summed E-state index contributed by atoms with van der Waals surface area (Å²) < 4.78 is 0. The van der Waals surface area contributed by atoms with Crippen molar-refractivity contribution in [3.8, 4) is 0 Å². The molecule has 0 radical (unpaired) electrons. The Bertz CT molecular complexity index is 462. The highest BCUT2D eigenvalue weighted by Gasteiger charge is 2.07. The maximum atomic E-state index is 10.9. The Morgan fingerprint density at radius 1 is 0.350 bits per heavy atom. The quantitative estimate of drug-likeness (QED) is 0.0430. The molecule has 0 fully saturated rings. The largest absolute Gasteiger partial charge is 0.235 e. The predicted molar refractivity (Wildman–Crippen MR) is 180 cm³/mol. The van der Waals surface area contributed by atoms with E-state index in [0.717, 1.165) is 12.8 Å². The lowest BCUT2D eigenvalue weighted by Crippen LogP contribution is -2.04. The average molecular weight is 562 g/mol. The van der Waals surface area contributed by atoms with Gasteiger partial charge in [0.25, 0.3) is 0 Å². The highest BCUT2D eigenvalue weighted by Crippen LogP contribution is 2.18. The Morgan fingerprint density at radius 3 is 0.750 bits per heavy atom. The molecule has 0 heterocycles. The average Bonchev–Trinajstić information content (AvgIpc) is 2.96. The van der Waals surface area contributed by atoms with E-state index in [4.69, 9.17) is 0 Å². The third-order valence-corrected chi connectivity index (χ3v) is 9.02. The molecule has 0 aliphatic heterocycles. The second kappa shape index (κ2) is 36.4. The van der Waals surface area contributed by atoms with E-state index < -0.39 is 0 Å². The van der Waals surface area contributed by atoms with Gasteiger partial charge in [0.2, 0.25) is 6.08 Å². The van der Waals surface area contributed by atoms with Gasteiger partial charge >= 0.3 is 0 Å². The Morgan fingerprint density at radius 2 is 0.550 bits per heavy atom. The molecule has 0 aromatic rings. The van der Waals surface area contributed by atoms with E-state index in [1.807, 2.05) is 6.08 Å². The van der Waals surface area contributed by atoms with Crippen LogP contribution in [-0.4, -0.2) is 12.1 Å². The van der Waals surface area contributed by atoms with Crippen molar-refractivity contribution in [1.29, 1.82) is 0 Å². The van der Waals surface area contributed by atoms with E-state index in [9.17, 15) is 4.79 Å². The van der Waals surface area contributed by atoms with E-state index >= 15 is 0 Å². The van der Waals surface area contributed by atoms with Crippen molar-refractivity contribution in [3.63, 3.8) is 0 Å². The van der Waals surface area contributed by atoms with Crippen LogP contribution in [0.2, 0.25) is 0 Å². The van der Waals surface area contributed by atoms with Gasteiger partial charge in [-0.1, -0.05) is 219 Å². The monoisotopic (exact) mass is 562 g/mol. The van der Waals surface area contributed by atoms with Crippen molar-refractivity contribution in [2.75, 3.05) is 0 Å². The molecule has 0 bridgehead atoms. The summed E-state index contributed by atoms with van der Waals surface area (Å²) in [6, 6.07) is 0.232. The number of hydrogen-bond acceptors (Lipinski definition) is 2. The SMILES string of the molecule is CCCCCCCCCCCCCCCCCCC(CCCCCCCCCCCCCCCCCC)N=C=O. The van der Waals surface area contributed by atoms with E-state index in [0.29, 0.717) is 0 Å². The third-order valence-electron chi connectivity index (χ3n) is 9.02. The lowest BCUT2D eigenvalue weighted by atomic mass is 9.99. The van der Waals surface area contributed by atoms with Gasteiger partial charge in [-0.15, -0.1) is 0 Å². The molecule has 0 N–H and O–H groups in total. The fourth-order valence-electron chi connectivity index (χ4n) is 6.20. The molecule has 0 unspecified atom stereocenters. The molecule has 0 amide bonds. The minimum absolute atomic E-state index is 0.232. The van der Waals surface area contributed by atoms with Crippen LogP contribution in [0.15, 0.2) is 4.99 Å². The van der Waals surface area contributed by atoms with E-state index in [1.165, 1.54) is 205 Å². The van der Waals surface area contributed by atoms with E-state index in [-0.39, 0.29) is 6.04 Å². The summed E-state index contributed by atoms with van der Waals surface area (Å²) >= 11 is 0. The number of aliphatic imine (C=N–C) groups is 1. The number of rotatable bonds is 35. The van der Waals surface area contributed by atoms with Crippen LogP contribution >= 0.6 is 0 Å². The molecule has 0 aliphatic carbocycles. The number of carbonyl (C=O) groups excluding carboxylic acids is 1. The van der Waals surface area contributed by atoms with Gasteiger partial charge in [-0.3, -0.25) is 0 Å². The third kappa shape index (κ3) is 33.6. The highest BCUT2D eigenvalue weighted by molar-refractivity contribution is 5.33. The van der Waals surface area contributed by atoms with Gasteiger partial charge < -0.3 is 0 Å². The molecule has 2 nitrogen and oxygen atoms in total. The van der Waals surface area contributed by atoms with Gasteiger partial charge in [0.1, 0.15) is 0 Å². The predicted octanol–water partition coefficient (Wildman–Crippen LogP) is 14.0. The number of unbranched alkanes of at least 4 members (excludes halogenated alkanes) is 30. The van der Waals surface area contributed by atoms with Crippen molar-refractivity contribution in [1.82, 2.24) is 0 Å². The van der Waals surface area contributed by atoms with Crippen LogP contribution in [0.3, 0.4) is 0 Å². The van der Waals surface area contributed by atoms with Crippen LogP contribution in [0.4, 0.5) is 0 Å². The number of nitrogens with zero attached hydrogens (tertiary/aromatic N) is 1. The second-order valence-electron chi connectivity index (χ2n) is 13.1. The first-order valence-electron chi connectivity index (χ1n) is 18.9. The number of isocyanates is 1. The number of hydrogen-bond donors (Lipinski definition) is 0. The molecule has 0 aliphatic rings. The van der Waals surface area contributed by atoms with Crippen molar-refractivity contribution in [2.24, 2.45) is 4.99 Å². The summed E-state index contributed by atoms with van der Waals surface area (Å²) in [6.07, 6.45) is 49.0. The molecule has 0 saturated carbocycles. The molecule has 0 aromatic heterocycles. The Hall–Kier alpha value is -0.620. The van der Waals surface area contributed by atoms with Crippen LogP contribution < -0.4 is 0 Å². The van der Waals surface area contributed by atoms with Gasteiger partial charge in [-0.25, -0.2) is 9.79 Å². The maximum absolute atomic E-state index is 10.9. The molecule has 0 aromatic carbocycles. The van der Waals surface area contributed by atoms with Gasteiger partial charge in [0, 0.05) is 0 Å². The topological polar surface area (TPSA) is 29.4 Å². The Labute approximate surface area is 253 Å². The van der Waals surface area contributed by atoms with Crippen molar-refractivity contribution >= 4 is 6.08 Å². The molecule has 0 atom stereocenters. The summed E-state index contributed by atoms with van der Waals surface area (Å²) in [5.41, 5.74) is 0. The van der Waals surface area contributed by atoms with Crippen molar-refractivity contribution < 1.29 is 4.79 Å². The summed E-state index contributed by atoms with van der Waals surface area (Å²) in [5.74, 6) is 0. The normalized spacial score (nSPS) is 11.4. The lowest BCUT2D eigenvalue weighted by molar-refractivity contribution is 0.474. The molecule has 2 heteroatoms. The Balaban J connectivity index is 3.37. The Kier molecular flexibility index (Phi) is 35.8. The highest BCUT2D eigenvalue weighted by atomic mass is 16.1. The van der Waals surface area contributed by atoms with Crippen molar-refractivity contribution in [3.05, 3.63) is 0 Å². The van der Waals surface area contributed by atoms with Crippen LogP contribution in [-0.2, 0) is 4.79 Å². The van der Waals surface area contributed by atoms with Gasteiger partial charge in [0.05, 0.1) is 6.04 Å². The zero-order valence-electron chi connectivity index (χ0n) is 28.0. The minimum atomic E-state index is 0.232. The lowest BCUT2D eigenvalue weighted by Gasteiger charge is -2.10. The molecule has 0 saturated heterocycles. The minimum Gasteiger partial charge on any atom is -0.211 e. The van der Waals surface area contributed by atoms with Gasteiger partial charge in [-0.2, -0.15) is 0 Å². The van der Waals surface area contributed by atoms with Crippen LogP contribution in [0.25, 0.3) is 0 Å². The maximum Gasteiger partial charge on any atom is 0.235 e. The first kappa shape index (κ1) is 39.4. The van der Waals surface area contributed by atoms with Crippen LogP contribution in [0.1, 0.15) is 232 Å². The van der Waals surface area contributed by atoms with E-state index in [2.05, 4.69) is 18.8 Å².